The first-order valence-electron chi connectivity index (χ1n) is 7.93. The monoisotopic (exact) mass is 408 g/mol. The van der Waals surface area contributed by atoms with E-state index in [0.717, 1.165) is 0 Å². The molecule has 0 aliphatic rings. The minimum Gasteiger partial charge on any atom is -0.443 e. The number of rotatable bonds is 4. The van der Waals surface area contributed by atoms with E-state index < -0.39 is 17.7 Å². The summed E-state index contributed by atoms with van der Waals surface area (Å²) in [6, 6.07) is 11.1. The van der Waals surface area contributed by atoms with Crippen LogP contribution in [0, 0.1) is 0 Å². The van der Waals surface area contributed by atoms with Gasteiger partial charge in [-0.05, 0) is 68.8 Å². The van der Waals surface area contributed by atoms with E-state index in [9.17, 15) is 9.59 Å². The molecule has 0 aromatic heterocycles. The molecule has 6 nitrogen and oxygen atoms in total. The Morgan fingerprint density at radius 1 is 1.07 bits per heavy atom. The molecule has 0 atom stereocenters. The van der Waals surface area contributed by atoms with Crippen molar-refractivity contribution in [2.24, 2.45) is 5.10 Å². The van der Waals surface area contributed by atoms with E-state index in [2.05, 4.69) is 10.5 Å². The lowest BCUT2D eigenvalue weighted by Crippen LogP contribution is -2.29. The summed E-state index contributed by atoms with van der Waals surface area (Å²) in [6.45, 7) is 5.27. The summed E-state index contributed by atoms with van der Waals surface area (Å²) in [5.41, 5.74) is 2.57. The minimum atomic E-state index is -0.649. The van der Waals surface area contributed by atoms with Crippen molar-refractivity contribution in [1.82, 2.24) is 5.43 Å². The molecule has 2 aromatic rings. The van der Waals surface area contributed by atoms with Crippen molar-refractivity contribution in [3.8, 4) is 5.75 Å². The van der Waals surface area contributed by atoms with Crippen LogP contribution < -0.4 is 10.2 Å². The lowest BCUT2D eigenvalue weighted by atomic mass is 10.2. The van der Waals surface area contributed by atoms with Crippen molar-refractivity contribution in [2.45, 2.75) is 26.4 Å². The van der Waals surface area contributed by atoms with Gasteiger partial charge in [0, 0.05) is 5.02 Å². The van der Waals surface area contributed by atoms with Gasteiger partial charge in [-0.25, -0.2) is 15.0 Å². The van der Waals surface area contributed by atoms with Gasteiger partial charge in [0.15, 0.2) is 0 Å². The van der Waals surface area contributed by atoms with Crippen LogP contribution in [0.1, 0.15) is 36.7 Å². The number of hydrogen-bond donors (Lipinski definition) is 1. The normalized spacial score (nSPS) is 11.3. The Labute approximate surface area is 167 Å². The van der Waals surface area contributed by atoms with Gasteiger partial charge in [-0.15, -0.1) is 0 Å². The van der Waals surface area contributed by atoms with Crippen molar-refractivity contribution < 1.29 is 19.1 Å². The maximum atomic E-state index is 12.2. The van der Waals surface area contributed by atoms with Gasteiger partial charge in [0.25, 0.3) is 0 Å². The van der Waals surface area contributed by atoms with Gasteiger partial charge in [0.2, 0.25) is 0 Å². The standard InChI is InChI=1S/C19H18Cl2N2O4/c1-19(2,3)27-18(25)23-22-11-12-4-7-14(8-5-12)26-17(24)15-9-6-13(20)10-16(15)21/h4-11H,1-3H3,(H,23,25)/b22-11+. The number of carbonyl (C=O) groups is 2. The molecule has 142 valence electrons. The fourth-order valence-corrected chi connectivity index (χ4v) is 2.39. The lowest BCUT2D eigenvalue weighted by molar-refractivity contribution is 0.0529. The Morgan fingerprint density at radius 2 is 1.74 bits per heavy atom. The fourth-order valence-electron chi connectivity index (χ4n) is 1.90. The number of amides is 1. The predicted molar refractivity (Wildman–Crippen MR) is 105 cm³/mol. The topological polar surface area (TPSA) is 77.0 Å². The van der Waals surface area contributed by atoms with Crippen LogP contribution in [-0.4, -0.2) is 23.9 Å². The third kappa shape index (κ3) is 6.92. The lowest BCUT2D eigenvalue weighted by Gasteiger charge is -2.18. The van der Waals surface area contributed by atoms with Gasteiger partial charge in [0.1, 0.15) is 11.4 Å². The molecule has 0 unspecified atom stereocenters. The molecule has 0 aliphatic carbocycles. The number of nitrogens with zero attached hydrogens (tertiary/aromatic N) is 1. The molecule has 2 rings (SSSR count). The molecule has 0 bridgehead atoms. The molecule has 0 saturated carbocycles. The predicted octanol–water partition coefficient (Wildman–Crippen LogP) is 5.07. The molecule has 0 radical (unpaired) electrons. The van der Waals surface area contributed by atoms with Crippen LogP contribution >= 0.6 is 23.2 Å². The van der Waals surface area contributed by atoms with Gasteiger partial charge < -0.3 is 9.47 Å². The molecule has 27 heavy (non-hydrogen) atoms. The summed E-state index contributed by atoms with van der Waals surface area (Å²) in [7, 11) is 0. The number of nitrogens with one attached hydrogen (secondary N) is 1. The van der Waals surface area contributed by atoms with Crippen molar-refractivity contribution in [3.63, 3.8) is 0 Å². The largest absolute Gasteiger partial charge is 0.443 e. The SMILES string of the molecule is CC(C)(C)OC(=O)N/N=C/c1ccc(OC(=O)c2ccc(Cl)cc2Cl)cc1. The summed E-state index contributed by atoms with van der Waals surface area (Å²) >= 11 is 11.8. The highest BCUT2D eigenvalue weighted by Gasteiger charge is 2.15. The molecular formula is C19H18Cl2N2O4. The third-order valence-electron chi connectivity index (χ3n) is 3.01. The number of esters is 1. The van der Waals surface area contributed by atoms with Crippen LogP contribution in [0.2, 0.25) is 10.0 Å². The first-order chi connectivity index (χ1) is 12.6. The number of carbonyl (C=O) groups excluding carboxylic acids is 2. The number of hydrazone groups is 1. The smallest absolute Gasteiger partial charge is 0.428 e. The molecule has 8 heteroatoms. The quantitative estimate of drug-likeness (QED) is 0.331. The van der Waals surface area contributed by atoms with E-state index >= 15 is 0 Å². The molecule has 0 saturated heterocycles. The van der Waals surface area contributed by atoms with Gasteiger partial charge in [-0.3, -0.25) is 0 Å². The van der Waals surface area contributed by atoms with E-state index in [4.69, 9.17) is 32.7 Å². The Balaban J connectivity index is 1.94. The molecule has 0 spiro atoms. The molecule has 0 fully saturated rings. The first kappa shape index (κ1) is 20.7. The molecular weight excluding hydrogens is 391 g/mol. The summed E-state index contributed by atoms with van der Waals surface area (Å²) in [5, 5.41) is 4.44. The van der Waals surface area contributed by atoms with Gasteiger partial charge >= 0.3 is 12.1 Å². The zero-order valence-electron chi connectivity index (χ0n) is 15.0. The zero-order valence-corrected chi connectivity index (χ0v) is 16.5. The van der Waals surface area contributed by atoms with Crippen molar-refractivity contribution in [1.29, 1.82) is 0 Å². The molecule has 1 amide bonds. The second kappa shape index (κ2) is 8.88. The highest BCUT2D eigenvalue weighted by atomic mass is 35.5. The van der Waals surface area contributed by atoms with Crippen LogP contribution in [0.5, 0.6) is 5.75 Å². The van der Waals surface area contributed by atoms with E-state index in [1.807, 2.05) is 0 Å². The van der Waals surface area contributed by atoms with E-state index in [1.54, 1.807) is 51.1 Å². The number of ether oxygens (including phenoxy) is 2. The number of halogens is 2. The summed E-state index contributed by atoms with van der Waals surface area (Å²) in [6.07, 6.45) is 0.787. The van der Waals surface area contributed by atoms with Crippen LogP contribution in [-0.2, 0) is 4.74 Å². The molecule has 0 heterocycles. The number of hydrogen-bond acceptors (Lipinski definition) is 5. The van der Waals surface area contributed by atoms with E-state index in [-0.39, 0.29) is 10.6 Å². The fraction of sp³-hybridized carbons (Fsp3) is 0.211. The second-order valence-electron chi connectivity index (χ2n) is 6.45. The van der Waals surface area contributed by atoms with Crippen molar-refractivity contribution >= 4 is 41.5 Å². The summed E-state index contributed by atoms with van der Waals surface area (Å²) < 4.78 is 10.3. The molecule has 1 N–H and O–H groups in total. The summed E-state index contributed by atoms with van der Waals surface area (Å²) in [5.74, 6) is -0.257. The van der Waals surface area contributed by atoms with Gasteiger partial charge in [-0.1, -0.05) is 23.2 Å². The first-order valence-corrected chi connectivity index (χ1v) is 8.69. The maximum absolute atomic E-state index is 12.2. The zero-order chi connectivity index (χ0) is 20.0. The Bertz CT molecular complexity index is 859. The summed E-state index contributed by atoms with van der Waals surface area (Å²) in [4.78, 5) is 23.6. The second-order valence-corrected chi connectivity index (χ2v) is 7.30. The van der Waals surface area contributed by atoms with Crippen molar-refractivity contribution in [2.75, 3.05) is 0 Å². The molecule has 2 aromatic carbocycles. The number of benzene rings is 2. The van der Waals surface area contributed by atoms with Crippen LogP contribution in [0.15, 0.2) is 47.6 Å². The van der Waals surface area contributed by atoms with Gasteiger partial charge in [0.05, 0.1) is 16.8 Å². The minimum absolute atomic E-state index is 0.212. The Hall–Kier alpha value is -2.57. The maximum Gasteiger partial charge on any atom is 0.428 e. The average molecular weight is 409 g/mol. The Kier molecular flexibility index (Phi) is 6.82. The average Bonchev–Trinajstić information content (AvgIpc) is 2.54. The highest BCUT2D eigenvalue weighted by Crippen LogP contribution is 2.23. The van der Waals surface area contributed by atoms with Crippen LogP contribution in [0.25, 0.3) is 0 Å². The Morgan fingerprint density at radius 3 is 2.33 bits per heavy atom. The van der Waals surface area contributed by atoms with Gasteiger partial charge in [-0.2, -0.15) is 5.10 Å². The van der Waals surface area contributed by atoms with Crippen LogP contribution in [0.4, 0.5) is 4.79 Å². The highest BCUT2D eigenvalue weighted by molar-refractivity contribution is 6.36. The van der Waals surface area contributed by atoms with E-state index in [1.165, 1.54) is 18.3 Å². The molecule has 0 aliphatic heterocycles. The van der Waals surface area contributed by atoms with Crippen LogP contribution in [0.3, 0.4) is 0 Å². The van der Waals surface area contributed by atoms with Crippen molar-refractivity contribution in [3.05, 3.63) is 63.6 Å². The third-order valence-corrected chi connectivity index (χ3v) is 3.56. The van der Waals surface area contributed by atoms with E-state index in [0.29, 0.717) is 16.3 Å².